The number of rotatable bonds is 4. The van der Waals surface area contributed by atoms with Gasteiger partial charge < -0.3 is 10.2 Å². The normalized spacial score (nSPS) is 21.9. The molecule has 22 heavy (non-hydrogen) atoms. The first kappa shape index (κ1) is 13.9. The van der Waals surface area contributed by atoms with Crippen molar-refractivity contribution in [2.24, 2.45) is 0 Å². The van der Waals surface area contributed by atoms with Crippen molar-refractivity contribution in [3.8, 4) is 0 Å². The summed E-state index contributed by atoms with van der Waals surface area (Å²) in [5.74, 6) is 1.44. The zero-order valence-corrected chi connectivity index (χ0v) is 13.2. The third kappa shape index (κ3) is 2.92. The van der Waals surface area contributed by atoms with Crippen LogP contribution in [0.25, 0.3) is 0 Å². The first-order chi connectivity index (χ1) is 10.8. The second-order valence-corrected chi connectivity index (χ2v) is 6.86. The maximum atomic E-state index is 13.9. The Kier molecular flexibility index (Phi) is 3.70. The molecule has 1 aliphatic carbocycles. The highest BCUT2D eigenvalue weighted by Gasteiger charge is 2.28. The van der Waals surface area contributed by atoms with E-state index in [9.17, 15) is 4.39 Å². The SMILES string of the molecule is Fc1ccccc1N1CCCC(Nc2nc(C3CC3)ns2)C1. The summed E-state index contributed by atoms with van der Waals surface area (Å²) in [5.41, 5.74) is 0.699. The van der Waals surface area contributed by atoms with Crippen molar-refractivity contribution in [1.82, 2.24) is 9.36 Å². The minimum Gasteiger partial charge on any atom is -0.367 e. The number of hydrogen-bond acceptors (Lipinski definition) is 5. The monoisotopic (exact) mass is 318 g/mol. The average Bonchev–Trinajstić information content (AvgIpc) is 3.28. The van der Waals surface area contributed by atoms with E-state index < -0.39 is 0 Å². The van der Waals surface area contributed by atoms with E-state index in [1.165, 1.54) is 30.4 Å². The second kappa shape index (κ2) is 5.83. The molecule has 1 saturated heterocycles. The van der Waals surface area contributed by atoms with E-state index in [1.807, 2.05) is 12.1 Å². The Morgan fingerprint density at radius 1 is 1.23 bits per heavy atom. The van der Waals surface area contributed by atoms with Crippen molar-refractivity contribution < 1.29 is 4.39 Å². The van der Waals surface area contributed by atoms with Gasteiger partial charge >= 0.3 is 0 Å². The maximum absolute atomic E-state index is 13.9. The summed E-state index contributed by atoms with van der Waals surface area (Å²) in [6, 6.07) is 7.31. The standard InChI is InChI=1S/C16H19FN4S/c17-13-5-1-2-6-14(13)21-9-3-4-12(10-21)18-16-19-15(20-22-16)11-7-8-11/h1-2,5-6,11-12H,3-4,7-10H2,(H,18,19,20). The van der Waals surface area contributed by atoms with Crippen LogP contribution < -0.4 is 10.2 Å². The van der Waals surface area contributed by atoms with Gasteiger partial charge in [0.1, 0.15) is 11.6 Å². The predicted octanol–water partition coefficient (Wildman–Crippen LogP) is 3.64. The molecule has 6 heteroatoms. The van der Waals surface area contributed by atoms with Crippen LogP contribution in [0.5, 0.6) is 0 Å². The summed E-state index contributed by atoms with van der Waals surface area (Å²) in [7, 11) is 0. The van der Waals surface area contributed by atoms with E-state index in [2.05, 4.69) is 19.6 Å². The maximum Gasteiger partial charge on any atom is 0.202 e. The zero-order chi connectivity index (χ0) is 14.9. The molecular formula is C16H19FN4S. The molecule has 0 radical (unpaired) electrons. The fraction of sp³-hybridized carbons (Fsp3) is 0.500. The van der Waals surface area contributed by atoms with Gasteiger partial charge in [0.15, 0.2) is 0 Å². The molecule has 1 unspecified atom stereocenters. The molecule has 2 fully saturated rings. The summed E-state index contributed by atoms with van der Waals surface area (Å²) in [6.07, 6.45) is 4.59. The van der Waals surface area contributed by atoms with E-state index in [4.69, 9.17) is 0 Å². The molecule has 1 N–H and O–H groups in total. The van der Waals surface area contributed by atoms with Crippen LogP contribution in [0.2, 0.25) is 0 Å². The molecule has 0 bridgehead atoms. The van der Waals surface area contributed by atoms with E-state index in [1.54, 1.807) is 6.07 Å². The Labute approximate surface area is 133 Å². The van der Waals surface area contributed by atoms with Gasteiger partial charge in [-0.25, -0.2) is 9.37 Å². The molecule has 4 nitrogen and oxygen atoms in total. The molecule has 2 aliphatic rings. The van der Waals surface area contributed by atoms with Gasteiger partial charge in [0.2, 0.25) is 5.13 Å². The zero-order valence-electron chi connectivity index (χ0n) is 12.3. The lowest BCUT2D eigenvalue weighted by Crippen LogP contribution is -2.42. The number of anilines is 2. The molecule has 0 amide bonds. The number of halogens is 1. The fourth-order valence-electron chi connectivity index (χ4n) is 3.00. The molecule has 4 rings (SSSR count). The quantitative estimate of drug-likeness (QED) is 0.934. The number of benzene rings is 1. The third-order valence-electron chi connectivity index (χ3n) is 4.33. The molecule has 0 spiro atoms. The number of piperidine rings is 1. The van der Waals surface area contributed by atoms with Crippen LogP contribution >= 0.6 is 11.5 Å². The Hall–Kier alpha value is -1.69. The Bertz CT molecular complexity index is 655. The molecule has 1 aromatic carbocycles. The largest absolute Gasteiger partial charge is 0.367 e. The molecule has 1 saturated carbocycles. The summed E-state index contributed by atoms with van der Waals surface area (Å²) in [6.45, 7) is 1.71. The van der Waals surface area contributed by atoms with Gasteiger partial charge in [0.25, 0.3) is 0 Å². The first-order valence-electron chi connectivity index (χ1n) is 7.89. The van der Waals surface area contributed by atoms with Gasteiger partial charge in [-0.15, -0.1) is 0 Å². The molecular weight excluding hydrogens is 299 g/mol. The minimum atomic E-state index is -0.143. The average molecular weight is 318 g/mol. The number of aromatic nitrogens is 2. The highest BCUT2D eigenvalue weighted by molar-refractivity contribution is 7.09. The van der Waals surface area contributed by atoms with Crippen molar-refractivity contribution in [2.75, 3.05) is 23.3 Å². The number of para-hydroxylation sites is 1. The smallest absolute Gasteiger partial charge is 0.202 e. The Morgan fingerprint density at radius 3 is 2.91 bits per heavy atom. The molecule has 2 aromatic rings. The summed E-state index contributed by atoms with van der Waals surface area (Å²) < 4.78 is 18.4. The van der Waals surface area contributed by atoms with Gasteiger partial charge in [0, 0.05) is 36.6 Å². The van der Waals surface area contributed by atoms with Gasteiger partial charge in [-0.1, -0.05) is 12.1 Å². The van der Waals surface area contributed by atoms with Crippen molar-refractivity contribution in [2.45, 2.75) is 37.6 Å². The van der Waals surface area contributed by atoms with Gasteiger partial charge in [-0.2, -0.15) is 4.37 Å². The summed E-state index contributed by atoms with van der Waals surface area (Å²) in [4.78, 5) is 6.71. The van der Waals surface area contributed by atoms with E-state index in [-0.39, 0.29) is 5.82 Å². The molecule has 1 aromatic heterocycles. The number of hydrogen-bond donors (Lipinski definition) is 1. The van der Waals surface area contributed by atoms with Crippen LogP contribution in [0.1, 0.15) is 37.4 Å². The third-order valence-corrected chi connectivity index (χ3v) is 4.99. The number of nitrogens with one attached hydrogen (secondary N) is 1. The van der Waals surface area contributed by atoms with Crippen molar-refractivity contribution in [3.05, 3.63) is 35.9 Å². The lowest BCUT2D eigenvalue weighted by atomic mass is 10.1. The van der Waals surface area contributed by atoms with E-state index in [0.29, 0.717) is 17.6 Å². The topological polar surface area (TPSA) is 41.0 Å². The lowest BCUT2D eigenvalue weighted by molar-refractivity contribution is 0.519. The van der Waals surface area contributed by atoms with Crippen LogP contribution in [0, 0.1) is 5.82 Å². The van der Waals surface area contributed by atoms with Gasteiger partial charge in [-0.3, -0.25) is 0 Å². The summed E-state index contributed by atoms with van der Waals surface area (Å²) in [5, 5.41) is 4.39. The predicted molar refractivity (Wildman–Crippen MR) is 87.1 cm³/mol. The first-order valence-corrected chi connectivity index (χ1v) is 8.66. The van der Waals surface area contributed by atoms with Crippen LogP contribution in [0.15, 0.2) is 24.3 Å². The number of nitrogens with zero attached hydrogens (tertiary/aromatic N) is 3. The van der Waals surface area contributed by atoms with Crippen molar-refractivity contribution >= 4 is 22.4 Å². The molecule has 1 atom stereocenters. The Morgan fingerprint density at radius 2 is 2.09 bits per heavy atom. The highest BCUT2D eigenvalue weighted by atomic mass is 32.1. The molecule has 116 valence electrons. The molecule has 2 heterocycles. The van der Waals surface area contributed by atoms with Gasteiger partial charge in [-0.05, 0) is 37.8 Å². The van der Waals surface area contributed by atoms with E-state index >= 15 is 0 Å². The highest BCUT2D eigenvalue weighted by Crippen LogP contribution is 2.39. The lowest BCUT2D eigenvalue weighted by Gasteiger charge is -2.34. The molecule has 1 aliphatic heterocycles. The van der Waals surface area contributed by atoms with Crippen LogP contribution in [0.4, 0.5) is 15.2 Å². The van der Waals surface area contributed by atoms with Crippen LogP contribution in [0.3, 0.4) is 0 Å². The minimum absolute atomic E-state index is 0.143. The summed E-state index contributed by atoms with van der Waals surface area (Å²) >= 11 is 1.45. The van der Waals surface area contributed by atoms with E-state index in [0.717, 1.165) is 36.9 Å². The fourth-order valence-corrected chi connectivity index (χ4v) is 3.72. The van der Waals surface area contributed by atoms with Crippen molar-refractivity contribution in [3.63, 3.8) is 0 Å². The second-order valence-electron chi connectivity index (χ2n) is 6.11. The van der Waals surface area contributed by atoms with Gasteiger partial charge in [0.05, 0.1) is 5.69 Å². The van der Waals surface area contributed by atoms with Crippen LogP contribution in [-0.2, 0) is 0 Å². The van der Waals surface area contributed by atoms with Crippen LogP contribution in [-0.4, -0.2) is 28.5 Å². The van der Waals surface area contributed by atoms with Crippen molar-refractivity contribution in [1.29, 1.82) is 0 Å². The Balaban J connectivity index is 1.43.